The van der Waals surface area contributed by atoms with Gasteiger partial charge in [0.25, 0.3) is 0 Å². The van der Waals surface area contributed by atoms with Crippen molar-refractivity contribution in [2.75, 3.05) is 0 Å². The smallest absolute Gasteiger partial charge is 0.182 e. The summed E-state index contributed by atoms with van der Waals surface area (Å²) in [6, 6.07) is 0. The first-order valence-electron chi connectivity index (χ1n) is 5.56. The fraction of sp³-hybridized carbons (Fsp3) is 0.667. The highest BCUT2D eigenvalue weighted by Crippen LogP contribution is 2.26. The molecule has 0 aliphatic rings. The van der Waals surface area contributed by atoms with Crippen molar-refractivity contribution in [3.63, 3.8) is 0 Å². The number of Topliss-reactive ketones (excluding diaryl/α,β-unsaturated/α-hetero) is 1. The average molecular weight is 227 g/mol. The number of ketones is 1. The maximum atomic E-state index is 11.5. The molecule has 0 aliphatic heterocycles. The Labute approximate surface area is 96.7 Å². The first-order chi connectivity index (χ1) is 7.06. The number of thiazole rings is 1. The van der Waals surface area contributed by atoms with Crippen LogP contribution in [0.25, 0.3) is 0 Å². The molecule has 1 rings (SSSR count). The van der Waals surface area contributed by atoms with Crippen LogP contribution in [0.2, 0.25) is 0 Å². The van der Waals surface area contributed by atoms with E-state index < -0.39 is 0 Å². The first-order valence-corrected chi connectivity index (χ1v) is 6.38. The zero-order chi connectivity index (χ0) is 12.0. The SMILES string of the molecule is CC.CCC(=O)c1nc(C)sc1C(C)C. The van der Waals surface area contributed by atoms with Crippen LogP contribution in [0, 0.1) is 6.92 Å². The molecule has 0 aromatic carbocycles. The van der Waals surface area contributed by atoms with Crippen LogP contribution in [0.1, 0.15) is 67.3 Å². The summed E-state index contributed by atoms with van der Waals surface area (Å²) >= 11 is 1.63. The quantitative estimate of drug-likeness (QED) is 0.725. The number of carbonyl (C=O) groups excluding carboxylic acids is 1. The van der Waals surface area contributed by atoms with Crippen molar-refractivity contribution in [1.82, 2.24) is 4.98 Å². The predicted molar refractivity (Wildman–Crippen MR) is 66.9 cm³/mol. The molecule has 0 spiro atoms. The maximum absolute atomic E-state index is 11.5. The number of hydrogen-bond acceptors (Lipinski definition) is 3. The van der Waals surface area contributed by atoms with Crippen molar-refractivity contribution in [3.8, 4) is 0 Å². The Balaban J connectivity index is 0.000000921. The number of rotatable bonds is 3. The van der Waals surface area contributed by atoms with E-state index in [1.54, 1.807) is 11.3 Å². The summed E-state index contributed by atoms with van der Waals surface area (Å²) < 4.78 is 0. The van der Waals surface area contributed by atoms with Gasteiger partial charge in [-0.1, -0.05) is 34.6 Å². The summed E-state index contributed by atoms with van der Waals surface area (Å²) in [4.78, 5) is 16.9. The van der Waals surface area contributed by atoms with Crippen LogP contribution in [0.3, 0.4) is 0 Å². The summed E-state index contributed by atoms with van der Waals surface area (Å²) in [5.41, 5.74) is 0.694. The van der Waals surface area contributed by atoms with Gasteiger partial charge < -0.3 is 0 Å². The fourth-order valence-corrected chi connectivity index (χ4v) is 2.15. The van der Waals surface area contributed by atoms with Gasteiger partial charge in [0, 0.05) is 11.3 Å². The lowest BCUT2D eigenvalue weighted by Crippen LogP contribution is -2.01. The zero-order valence-corrected chi connectivity index (χ0v) is 11.4. The molecule has 0 saturated carbocycles. The van der Waals surface area contributed by atoms with E-state index in [-0.39, 0.29) is 5.78 Å². The second kappa shape index (κ2) is 6.72. The normalized spacial score (nSPS) is 9.80. The second-order valence-electron chi connectivity index (χ2n) is 3.38. The molecule has 2 nitrogen and oxygen atoms in total. The highest BCUT2D eigenvalue weighted by Gasteiger charge is 2.17. The highest BCUT2D eigenvalue weighted by molar-refractivity contribution is 7.12. The van der Waals surface area contributed by atoms with Crippen LogP contribution < -0.4 is 0 Å². The molecule has 86 valence electrons. The molecule has 1 aromatic rings. The Hall–Kier alpha value is -0.700. The van der Waals surface area contributed by atoms with Gasteiger partial charge in [0.1, 0.15) is 5.69 Å². The molecule has 0 fully saturated rings. The van der Waals surface area contributed by atoms with Crippen LogP contribution >= 0.6 is 11.3 Å². The molecule has 0 bridgehead atoms. The monoisotopic (exact) mass is 227 g/mol. The molecule has 1 heterocycles. The average Bonchev–Trinajstić information content (AvgIpc) is 2.62. The molecule has 15 heavy (non-hydrogen) atoms. The molecule has 3 heteroatoms. The van der Waals surface area contributed by atoms with Crippen LogP contribution in [-0.2, 0) is 0 Å². The molecule has 0 saturated heterocycles. The number of carbonyl (C=O) groups is 1. The summed E-state index contributed by atoms with van der Waals surface area (Å²) in [7, 11) is 0. The Morgan fingerprint density at radius 1 is 1.40 bits per heavy atom. The van der Waals surface area contributed by atoms with Gasteiger partial charge in [-0.25, -0.2) is 4.98 Å². The third-order valence-corrected chi connectivity index (χ3v) is 3.14. The standard InChI is InChI=1S/C10H15NOS.C2H6/c1-5-8(12)9-10(6(2)3)13-7(4)11-9;1-2/h6H,5H2,1-4H3;1-2H3. The van der Waals surface area contributed by atoms with Crippen molar-refractivity contribution in [1.29, 1.82) is 0 Å². The van der Waals surface area contributed by atoms with Gasteiger partial charge in [0.2, 0.25) is 0 Å². The molecule has 0 unspecified atom stereocenters. The first kappa shape index (κ1) is 14.3. The second-order valence-corrected chi connectivity index (χ2v) is 4.61. The van der Waals surface area contributed by atoms with Crippen LogP contribution in [0.15, 0.2) is 0 Å². The van der Waals surface area contributed by atoms with Crippen LogP contribution in [0.5, 0.6) is 0 Å². The number of aromatic nitrogens is 1. The number of aryl methyl sites for hydroxylation is 1. The largest absolute Gasteiger partial charge is 0.292 e. The van der Waals surface area contributed by atoms with Gasteiger partial charge in [-0.15, -0.1) is 11.3 Å². The van der Waals surface area contributed by atoms with Gasteiger partial charge in [-0.05, 0) is 12.8 Å². The van der Waals surface area contributed by atoms with E-state index in [1.807, 2.05) is 27.7 Å². The Kier molecular flexibility index (Phi) is 6.41. The van der Waals surface area contributed by atoms with Gasteiger partial charge in [0.15, 0.2) is 5.78 Å². The topological polar surface area (TPSA) is 30.0 Å². The molecule has 0 aliphatic carbocycles. The van der Waals surface area contributed by atoms with Crippen molar-refractivity contribution in [3.05, 3.63) is 15.6 Å². The van der Waals surface area contributed by atoms with Gasteiger partial charge in [0.05, 0.1) is 5.01 Å². The van der Waals surface area contributed by atoms with Crippen molar-refractivity contribution in [2.45, 2.75) is 53.9 Å². The summed E-state index contributed by atoms with van der Waals surface area (Å²) in [5, 5.41) is 0.987. The van der Waals surface area contributed by atoms with Crippen LogP contribution in [0.4, 0.5) is 0 Å². The third kappa shape index (κ3) is 3.74. The van der Waals surface area contributed by atoms with E-state index >= 15 is 0 Å². The molecular weight excluding hydrogens is 206 g/mol. The summed E-state index contributed by atoms with van der Waals surface area (Å²) in [5.74, 6) is 0.560. The molecule has 0 N–H and O–H groups in total. The minimum atomic E-state index is 0.160. The lowest BCUT2D eigenvalue weighted by molar-refractivity contribution is 0.0982. The van der Waals surface area contributed by atoms with Crippen LogP contribution in [-0.4, -0.2) is 10.8 Å². The Bertz CT molecular complexity index is 315. The van der Waals surface area contributed by atoms with Crippen molar-refractivity contribution in [2.24, 2.45) is 0 Å². The van der Waals surface area contributed by atoms with E-state index in [9.17, 15) is 4.79 Å². The minimum Gasteiger partial charge on any atom is -0.292 e. The van der Waals surface area contributed by atoms with Crippen molar-refractivity contribution >= 4 is 17.1 Å². The van der Waals surface area contributed by atoms with Gasteiger partial charge in [-0.3, -0.25) is 4.79 Å². The number of hydrogen-bond donors (Lipinski definition) is 0. The third-order valence-electron chi connectivity index (χ3n) is 1.87. The molecule has 0 atom stereocenters. The van der Waals surface area contributed by atoms with E-state index in [2.05, 4.69) is 18.8 Å². The predicted octanol–water partition coefficient (Wildman–Crippen LogP) is 4.19. The Morgan fingerprint density at radius 2 is 1.93 bits per heavy atom. The number of nitrogens with zero attached hydrogens (tertiary/aromatic N) is 1. The molecule has 0 amide bonds. The van der Waals surface area contributed by atoms with Gasteiger partial charge in [-0.2, -0.15) is 0 Å². The fourth-order valence-electron chi connectivity index (χ4n) is 1.20. The lowest BCUT2D eigenvalue weighted by atomic mass is 10.1. The lowest BCUT2D eigenvalue weighted by Gasteiger charge is -2.02. The summed E-state index contributed by atoms with van der Waals surface area (Å²) in [6.07, 6.45) is 0.545. The van der Waals surface area contributed by atoms with E-state index in [0.29, 0.717) is 18.0 Å². The minimum absolute atomic E-state index is 0.160. The van der Waals surface area contributed by atoms with E-state index in [0.717, 1.165) is 9.88 Å². The highest BCUT2D eigenvalue weighted by atomic mass is 32.1. The molecular formula is C12H21NOS. The van der Waals surface area contributed by atoms with Crippen molar-refractivity contribution < 1.29 is 4.79 Å². The Morgan fingerprint density at radius 3 is 2.33 bits per heavy atom. The zero-order valence-electron chi connectivity index (χ0n) is 10.5. The molecule has 0 radical (unpaired) electrons. The maximum Gasteiger partial charge on any atom is 0.182 e. The van der Waals surface area contributed by atoms with Gasteiger partial charge >= 0.3 is 0 Å². The van der Waals surface area contributed by atoms with E-state index in [4.69, 9.17) is 0 Å². The summed E-state index contributed by atoms with van der Waals surface area (Å²) in [6.45, 7) is 12.0. The molecule has 1 aromatic heterocycles. The van der Waals surface area contributed by atoms with E-state index in [1.165, 1.54) is 0 Å².